The summed E-state index contributed by atoms with van der Waals surface area (Å²) < 4.78 is 0. The molecule has 0 aliphatic heterocycles. The van der Waals surface area contributed by atoms with Crippen LogP contribution < -0.4 is 0 Å². The van der Waals surface area contributed by atoms with E-state index in [-0.39, 0.29) is 5.78 Å². The first-order chi connectivity index (χ1) is 8.66. The number of aromatic nitrogens is 3. The van der Waals surface area contributed by atoms with Gasteiger partial charge in [-0.1, -0.05) is 32.0 Å². The highest BCUT2D eigenvalue weighted by Crippen LogP contribution is 2.09. The van der Waals surface area contributed by atoms with E-state index in [9.17, 15) is 4.79 Å². The van der Waals surface area contributed by atoms with Crippen LogP contribution in [-0.4, -0.2) is 20.8 Å². The molecule has 2 rings (SSSR count). The SMILES string of the molecule is CC(C)CCC(=O)c1cnn(-c2ccccc2)n1. The van der Waals surface area contributed by atoms with Crippen molar-refractivity contribution in [3.05, 3.63) is 42.2 Å². The molecule has 0 aliphatic rings. The molecule has 0 aliphatic carbocycles. The van der Waals surface area contributed by atoms with E-state index >= 15 is 0 Å². The lowest BCUT2D eigenvalue weighted by Crippen LogP contribution is -2.04. The minimum Gasteiger partial charge on any atom is -0.292 e. The first-order valence-corrected chi connectivity index (χ1v) is 6.18. The summed E-state index contributed by atoms with van der Waals surface area (Å²) in [6.45, 7) is 4.21. The molecule has 0 amide bonds. The molecule has 0 saturated heterocycles. The van der Waals surface area contributed by atoms with Crippen molar-refractivity contribution in [3.63, 3.8) is 0 Å². The van der Waals surface area contributed by atoms with Crippen LogP contribution in [0.1, 0.15) is 37.2 Å². The molecule has 94 valence electrons. The van der Waals surface area contributed by atoms with Crippen LogP contribution in [0.4, 0.5) is 0 Å². The van der Waals surface area contributed by atoms with Gasteiger partial charge in [0.2, 0.25) is 0 Å². The number of Topliss-reactive ketones (excluding diaryl/α,β-unsaturated/α-hetero) is 1. The second-order valence-corrected chi connectivity index (χ2v) is 4.71. The van der Waals surface area contributed by atoms with E-state index in [2.05, 4.69) is 24.0 Å². The Hall–Kier alpha value is -1.97. The van der Waals surface area contributed by atoms with Gasteiger partial charge in [0.15, 0.2) is 5.78 Å². The van der Waals surface area contributed by atoms with Gasteiger partial charge in [0.05, 0.1) is 11.9 Å². The molecule has 0 radical (unpaired) electrons. The molecule has 0 bridgehead atoms. The third kappa shape index (κ3) is 3.03. The largest absolute Gasteiger partial charge is 0.292 e. The van der Waals surface area contributed by atoms with Gasteiger partial charge in [-0.25, -0.2) is 0 Å². The van der Waals surface area contributed by atoms with Crippen molar-refractivity contribution in [3.8, 4) is 5.69 Å². The van der Waals surface area contributed by atoms with Crippen molar-refractivity contribution >= 4 is 5.78 Å². The van der Waals surface area contributed by atoms with Gasteiger partial charge in [-0.05, 0) is 24.5 Å². The summed E-state index contributed by atoms with van der Waals surface area (Å²) in [5.41, 5.74) is 1.31. The zero-order valence-electron chi connectivity index (χ0n) is 10.7. The highest BCUT2D eigenvalue weighted by Gasteiger charge is 2.11. The lowest BCUT2D eigenvalue weighted by molar-refractivity contribution is 0.0970. The Morgan fingerprint density at radius 1 is 1.28 bits per heavy atom. The van der Waals surface area contributed by atoms with Crippen molar-refractivity contribution in [2.75, 3.05) is 0 Å². The maximum atomic E-state index is 11.9. The van der Waals surface area contributed by atoms with Crippen LogP contribution in [0.5, 0.6) is 0 Å². The number of benzene rings is 1. The molecule has 0 spiro atoms. The Morgan fingerprint density at radius 3 is 2.67 bits per heavy atom. The number of ketones is 1. The Kier molecular flexibility index (Phi) is 3.87. The van der Waals surface area contributed by atoms with Crippen LogP contribution in [-0.2, 0) is 0 Å². The Labute approximate surface area is 107 Å². The van der Waals surface area contributed by atoms with Crippen LogP contribution in [0.3, 0.4) is 0 Å². The van der Waals surface area contributed by atoms with E-state index < -0.39 is 0 Å². The van der Waals surface area contributed by atoms with Gasteiger partial charge in [-0.15, -0.1) is 5.10 Å². The fourth-order valence-electron chi connectivity index (χ4n) is 1.62. The Morgan fingerprint density at radius 2 is 2.00 bits per heavy atom. The normalized spacial score (nSPS) is 10.8. The summed E-state index contributed by atoms with van der Waals surface area (Å²) >= 11 is 0. The minimum absolute atomic E-state index is 0.0610. The average Bonchev–Trinajstić information content (AvgIpc) is 2.86. The number of hydrogen-bond acceptors (Lipinski definition) is 3. The Balaban J connectivity index is 2.09. The van der Waals surface area contributed by atoms with Crippen LogP contribution in [0.2, 0.25) is 0 Å². The maximum Gasteiger partial charge on any atom is 0.184 e. The van der Waals surface area contributed by atoms with Gasteiger partial charge in [-0.3, -0.25) is 4.79 Å². The second-order valence-electron chi connectivity index (χ2n) is 4.71. The quantitative estimate of drug-likeness (QED) is 0.759. The van der Waals surface area contributed by atoms with Crippen molar-refractivity contribution in [1.29, 1.82) is 0 Å². The third-order valence-corrected chi connectivity index (χ3v) is 2.71. The van der Waals surface area contributed by atoms with Crippen molar-refractivity contribution in [2.24, 2.45) is 5.92 Å². The predicted molar refractivity (Wildman–Crippen MR) is 69.8 cm³/mol. The van der Waals surface area contributed by atoms with Gasteiger partial charge in [-0.2, -0.15) is 9.90 Å². The summed E-state index contributed by atoms with van der Waals surface area (Å²) in [6.07, 6.45) is 2.96. The number of hydrogen-bond donors (Lipinski definition) is 0. The predicted octanol–water partition coefficient (Wildman–Crippen LogP) is 2.89. The molecule has 1 heterocycles. The topological polar surface area (TPSA) is 47.8 Å². The van der Waals surface area contributed by atoms with Crippen LogP contribution in [0.15, 0.2) is 36.5 Å². The molecular formula is C14H17N3O. The number of carbonyl (C=O) groups excluding carboxylic acids is 1. The third-order valence-electron chi connectivity index (χ3n) is 2.71. The van der Waals surface area contributed by atoms with Gasteiger partial charge < -0.3 is 0 Å². The van der Waals surface area contributed by atoms with E-state index in [1.54, 1.807) is 0 Å². The van der Waals surface area contributed by atoms with Crippen molar-refractivity contribution in [1.82, 2.24) is 15.0 Å². The van der Waals surface area contributed by atoms with Crippen LogP contribution in [0, 0.1) is 5.92 Å². The van der Waals surface area contributed by atoms with Gasteiger partial charge in [0.25, 0.3) is 0 Å². The molecule has 4 heteroatoms. The molecule has 0 N–H and O–H groups in total. The number of carbonyl (C=O) groups is 1. The fourth-order valence-corrected chi connectivity index (χ4v) is 1.62. The Bertz CT molecular complexity index is 517. The van der Waals surface area contributed by atoms with Crippen molar-refractivity contribution in [2.45, 2.75) is 26.7 Å². The van der Waals surface area contributed by atoms with Gasteiger partial charge in [0.1, 0.15) is 5.69 Å². The number of rotatable bonds is 5. The van der Waals surface area contributed by atoms with E-state index in [0.717, 1.165) is 12.1 Å². The van der Waals surface area contributed by atoms with Crippen LogP contribution >= 0.6 is 0 Å². The standard InChI is InChI=1S/C14H17N3O/c1-11(2)8-9-14(18)13-10-15-17(16-13)12-6-4-3-5-7-12/h3-7,10-11H,8-9H2,1-2H3. The highest BCUT2D eigenvalue weighted by molar-refractivity contribution is 5.93. The first-order valence-electron chi connectivity index (χ1n) is 6.18. The fraction of sp³-hybridized carbons (Fsp3) is 0.357. The summed E-state index contributed by atoms with van der Waals surface area (Å²) in [4.78, 5) is 13.4. The minimum atomic E-state index is 0.0610. The maximum absolute atomic E-state index is 11.9. The van der Waals surface area contributed by atoms with E-state index in [4.69, 9.17) is 0 Å². The van der Waals surface area contributed by atoms with Gasteiger partial charge in [0, 0.05) is 6.42 Å². The summed E-state index contributed by atoms with van der Waals surface area (Å²) in [6, 6.07) is 9.57. The molecule has 1 aromatic carbocycles. The summed E-state index contributed by atoms with van der Waals surface area (Å²) in [5, 5.41) is 8.33. The summed E-state index contributed by atoms with van der Waals surface area (Å²) in [5.74, 6) is 0.587. The molecule has 0 saturated carbocycles. The van der Waals surface area contributed by atoms with E-state index in [0.29, 0.717) is 18.0 Å². The lowest BCUT2D eigenvalue weighted by Gasteiger charge is -2.01. The molecule has 18 heavy (non-hydrogen) atoms. The zero-order valence-corrected chi connectivity index (χ0v) is 10.7. The lowest BCUT2D eigenvalue weighted by atomic mass is 10.1. The summed E-state index contributed by atoms with van der Waals surface area (Å²) in [7, 11) is 0. The molecule has 1 aromatic heterocycles. The molecule has 4 nitrogen and oxygen atoms in total. The molecule has 0 unspecified atom stereocenters. The second kappa shape index (κ2) is 5.58. The smallest absolute Gasteiger partial charge is 0.184 e. The molecule has 2 aromatic rings. The average molecular weight is 243 g/mol. The van der Waals surface area contributed by atoms with Crippen molar-refractivity contribution < 1.29 is 4.79 Å². The first kappa shape index (κ1) is 12.5. The van der Waals surface area contributed by atoms with E-state index in [1.165, 1.54) is 11.0 Å². The zero-order chi connectivity index (χ0) is 13.0. The molecule has 0 fully saturated rings. The van der Waals surface area contributed by atoms with Gasteiger partial charge >= 0.3 is 0 Å². The molecular weight excluding hydrogens is 226 g/mol. The van der Waals surface area contributed by atoms with E-state index in [1.807, 2.05) is 30.3 Å². The highest BCUT2D eigenvalue weighted by atomic mass is 16.1. The molecule has 0 atom stereocenters. The number of para-hydroxylation sites is 1. The number of nitrogens with zero attached hydrogens (tertiary/aromatic N) is 3. The monoisotopic (exact) mass is 243 g/mol. The van der Waals surface area contributed by atoms with Crippen LogP contribution in [0.25, 0.3) is 5.69 Å².